The van der Waals surface area contributed by atoms with E-state index in [9.17, 15) is 4.39 Å². The summed E-state index contributed by atoms with van der Waals surface area (Å²) in [5.74, 6) is -0.171. The largest absolute Gasteiger partial charge is 0.268 e. The lowest BCUT2D eigenvalue weighted by molar-refractivity contribution is 0.608. The van der Waals surface area contributed by atoms with Gasteiger partial charge in [-0.3, -0.25) is 4.68 Å². The van der Waals surface area contributed by atoms with Crippen LogP contribution in [0.3, 0.4) is 0 Å². The number of halogens is 2. The quantitative estimate of drug-likeness (QED) is 0.549. The molecule has 1 aromatic rings. The van der Waals surface area contributed by atoms with Crippen molar-refractivity contribution in [2.75, 3.05) is 0 Å². The number of aryl methyl sites for hydroxylation is 1. The van der Waals surface area contributed by atoms with Crippen molar-refractivity contribution in [1.82, 2.24) is 9.78 Å². The van der Waals surface area contributed by atoms with Gasteiger partial charge in [0, 0.05) is 7.05 Å². The fourth-order valence-corrected chi connectivity index (χ4v) is 0.887. The fraction of sp³-hybridized carbons (Fsp3) is 0.400. The van der Waals surface area contributed by atoms with Crippen LogP contribution in [0.5, 0.6) is 0 Å². The molecule has 9 heavy (non-hydrogen) atoms. The minimum Gasteiger partial charge on any atom is -0.268 e. The molecule has 0 saturated carbocycles. The number of hydrogen-bond donors (Lipinski definition) is 0. The average Bonchev–Trinajstić information content (AvgIpc) is 2.12. The lowest BCUT2D eigenvalue weighted by atomic mass is 10.5. The fourth-order valence-electron chi connectivity index (χ4n) is 0.586. The molecular weight excluding hydrogens is 143 g/mol. The van der Waals surface area contributed by atoms with Crippen LogP contribution in [-0.4, -0.2) is 9.78 Å². The van der Waals surface area contributed by atoms with Crippen molar-refractivity contribution in [1.29, 1.82) is 0 Å². The first-order valence-corrected chi connectivity index (χ1v) is 3.01. The van der Waals surface area contributed by atoms with Crippen molar-refractivity contribution in [2.24, 2.45) is 7.05 Å². The molecule has 0 aromatic carbocycles. The highest BCUT2D eigenvalue weighted by atomic mass is 35.5. The van der Waals surface area contributed by atoms with Gasteiger partial charge in [0.25, 0.3) is 0 Å². The Hall–Kier alpha value is -0.570. The van der Waals surface area contributed by atoms with E-state index in [-0.39, 0.29) is 11.7 Å². The lowest BCUT2D eigenvalue weighted by Crippen LogP contribution is -1.95. The first-order chi connectivity index (χ1) is 4.25. The molecule has 0 N–H and O–H groups in total. The van der Waals surface area contributed by atoms with Crippen LogP contribution in [0.2, 0.25) is 0 Å². The molecule has 0 spiro atoms. The van der Waals surface area contributed by atoms with Crippen LogP contribution in [0.25, 0.3) is 0 Å². The van der Waals surface area contributed by atoms with E-state index in [1.807, 2.05) is 0 Å². The number of alkyl halides is 1. The van der Waals surface area contributed by atoms with Gasteiger partial charge in [-0.15, -0.1) is 11.6 Å². The second kappa shape index (κ2) is 2.35. The lowest BCUT2D eigenvalue weighted by Gasteiger charge is -1.92. The van der Waals surface area contributed by atoms with Gasteiger partial charge in [0.05, 0.1) is 17.8 Å². The Labute approximate surface area is 57.2 Å². The normalized spacial score (nSPS) is 10.1. The molecule has 0 fully saturated rings. The molecular formula is C5H6ClFN2. The van der Waals surface area contributed by atoms with E-state index in [1.54, 1.807) is 7.05 Å². The summed E-state index contributed by atoms with van der Waals surface area (Å²) in [4.78, 5) is 0. The predicted molar refractivity (Wildman–Crippen MR) is 32.7 cm³/mol. The van der Waals surface area contributed by atoms with Gasteiger partial charge in [0.15, 0.2) is 5.82 Å². The van der Waals surface area contributed by atoms with Crippen LogP contribution in [-0.2, 0) is 12.9 Å². The van der Waals surface area contributed by atoms with Crippen LogP contribution < -0.4 is 0 Å². The Kier molecular flexibility index (Phi) is 1.71. The Balaban J connectivity index is 3.07. The molecule has 0 saturated heterocycles. The van der Waals surface area contributed by atoms with Gasteiger partial charge in [-0.25, -0.2) is 4.39 Å². The monoisotopic (exact) mass is 148 g/mol. The standard InChI is InChI=1S/C5H6ClFN2/c1-9-5(2-6)4(7)3-8-9/h3H,2H2,1H3. The summed E-state index contributed by atoms with van der Waals surface area (Å²) in [6, 6.07) is 0. The van der Waals surface area contributed by atoms with Crippen molar-refractivity contribution in [2.45, 2.75) is 5.88 Å². The van der Waals surface area contributed by atoms with Gasteiger partial charge >= 0.3 is 0 Å². The van der Waals surface area contributed by atoms with Crippen molar-refractivity contribution in [3.8, 4) is 0 Å². The summed E-state index contributed by atoms with van der Waals surface area (Å²) in [5.41, 5.74) is 0.427. The van der Waals surface area contributed by atoms with Crippen LogP contribution in [0.1, 0.15) is 5.69 Å². The van der Waals surface area contributed by atoms with E-state index < -0.39 is 0 Å². The maximum atomic E-state index is 12.4. The molecule has 0 unspecified atom stereocenters. The second-order valence-corrected chi connectivity index (χ2v) is 1.96. The number of rotatable bonds is 1. The predicted octanol–water partition coefficient (Wildman–Crippen LogP) is 1.30. The minimum atomic E-state index is -0.340. The summed E-state index contributed by atoms with van der Waals surface area (Å²) >= 11 is 5.38. The van der Waals surface area contributed by atoms with Crippen LogP contribution >= 0.6 is 11.6 Å². The van der Waals surface area contributed by atoms with Crippen molar-refractivity contribution in [3.63, 3.8) is 0 Å². The zero-order valence-electron chi connectivity index (χ0n) is 4.93. The van der Waals surface area contributed by atoms with E-state index in [1.165, 1.54) is 4.68 Å². The molecule has 2 nitrogen and oxygen atoms in total. The maximum Gasteiger partial charge on any atom is 0.165 e. The van der Waals surface area contributed by atoms with Crippen LogP contribution in [0.4, 0.5) is 4.39 Å². The molecule has 0 aliphatic carbocycles. The zero-order valence-corrected chi connectivity index (χ0v) is 5.69. The Morgan fingerprint density at radius 3 is 2.78 bits per heavy atom. The SMILES string of the molecule is Cn1ncc(F)c1CCl. The highest BCUT2D eigenvalue weighted by molar-refractivity contribution is 6.16. The van der Waals surface area contributed by atoms with E-state index >= 15 is 0 Å². The number of aromatic nitrogens is 2. The topological polar surface area (TPSA) is 17.8 Å². The summed E-state index contributed by atoms with van der Waals surface area (Å²) in [7, 11) is 1.65. The first-order valence-electron chi connectivity index (χ1n) is 2.48. The van der Waals surface area contributed by atoms with E-state index in [4.69, 9.17) is 11.6 Å². The first kappa shape index (κ1) is 6.55. The molecule has 1 heterocycles. The van der Waals surface area contributed by atoms with Crippen molar-refractivity contribution >= 4 is 11.6 Å². The third kappa shape index (κ3) is 1.05. The summed E-state index contributed by atoms with van der Waals surface area (Å²) in [6.45, 7) is 0. The zero-order chi connectivity index (χ0) is 6.85. The average molecular weight is 149 g/mol. The van der Waals surface area contributed by atoms with Crippen molar-refractivity contribution < 1.29 is 4.39 Å². The van der Waals surface area contributed by atoms with E-state index in [0.29, 0.717) is 5.69 Å². The molecule has 0 aliphatic rings. The number of nitrogens with zero attached hydrogens (tertiary/aromatic N) is 2. The molecule has 0 bridgehead atoms. The van der Waals surface area contributed by atoms with E-state index in [2.05, 4.69) is 5.10 Å². The van der Waals surface area contributed by atoms with Crippen molar-refractivity contribution in [3.05, 3.63) is 17.7 Å². The Morgan fingerprint density at radius 1 is 1.89 bits per heavy atom. The third-order valence-electron chi connectivity index (χ3n) is 1.14. The van der Waals surface area contributed by atoms with Gasteiger partial charge < -0.3 is 0 Å². The Morgan fingerprint density at radius 2 is 2.56 bits per heavy atom. The molecule has 0 aliphatic heterocycles. The second-order valence-electron chi connectivity index (χ2n) is 1.70. The molecule has 0 radical (unpaired) electrons. The molecule has 1 aromatic heterocycles. The van der Waals surface area contributed by atoms with Gasteiger partial charge in [-0.2, -0.15) is 5.10 Å². The molecule has 1 rings (SSSR count). The molecule has 0 amide bonds. The van der Waals surface area contributed by atoms with Crippen LogP contribution in [0.15, 0.2) is 6.20 Å². The minimum absolute atomic E-state index is 0.169. The molecule has 0 atom stereocenters. The summed E-state index contributed by atoms with van der Waals surface area (Å²) in [6.07, 6.45) is 1.15. The van der Waals surface area contributed by atoms with Gasteiger partial charge in [-0.1, -0.05) is 0 Å². The summed E-state index contributed by atoms with van der Waals surface area (Å²) < 4.78 is 13.9. The maximum absolute atomic E-state index is 12.4. The smallest absolute Gasteiger partial charge is 0.165 e. The summed E-state index contributed by atoms with van der Waals surface area (Å²) in [5, 5.41) is 3.64. The highest BCUT2D eigenvalue weighted by Crippen LogP contribution is 2.06. The van der Waals surface area contributed by atoms with Crippen LogP contribution in [0, 0.1) is 5.82 Å². The van der Waals surface area contributed by atoms with Gasteiger partial charge in [0.1, 0.15) is 0 Å². The Bertz CT molecular complexity index is 189. The molecule has 4 heteroatoms. The highest BCUT2D eigenvalue weighted by Gasteiger charge is 2.04. The van der Waals surface area contributed by atoms with E-state index in [0.717, 1.165) is 6.20 Å². The molecule has 50 valence electrons. The van der Waals surface area contributed by atoms with Gasteiger partial charge in [0.2, 0.25) is 0 Å². The third-order valence-corrected chi connectivity index (χ3v) is 1.39. The number of hydrogen-bond acceptors (Lipinski definition) is 1. The van der Waals surface area contributed by atoms with Gasteiger partial charge in [-0.05, 0) is 0 Å².